The summed E-state index contributed by atoms with van der Waals surface area (Å²) in [5, 5.41) is 16.6. The monoisotopic (exact) mass is 496 g/mol. The molecule has 2 unspecified atom stereocenters. The van der Waals surface area contributed by atoms with Crippen molar-refractivity contribution in [2.75, 3.05) is 26.4 Å². The van der Waals surface area contributed by atoms with Gasteiger partial charge >= 0.3 is 5.97 Å². The van der Waals surface area contributed by atoms with Gasteiger partial charge in [-0.3, -0.25) is 0 Å². The molecule has 0 amide bonds. The Kier molecular flexibility index (Phi) is 9.14. The van der Waals surface area contributed by atoms with Crippen LogP contribution in [0.2, 0.25) is 0 Å². The van der Waals surface area contributed by atoms with Crippen molar-refractivity contribution in [3.8, 4) is 5.75 Å². The van der Waals surface area contributed by atoms with Gasteiger partial charge in [-0.1, -0.05) is 24.3 Å². The number of hydrogen-bond donors (Lipinski definition) is 2. The number of hydrogen-bond acceptors (Lipinski definition) is 7. The number of aliphatic hydroxyl groups excluding tert-OH is 2. The first-order valence-corrected chi connectivity index (χ1v) is 12.9. The van der Waals surface area contributed by atoms with E-state index in [1.54, 1.807) is 42.5 Å². The van der Waals surface area contributed by atoms with E-state index in [4.69, 9.17) is 31.3 Å². The van der Waals surface area contributed by atoms with E-state index in [1.165, 1.54) is 0 Å². The number of carbonyl (C=O) groups excluding carboxylic acids is 1. The molecule has 2 N–H and O–H groups in total. The topological polar surface area (TPSA) is 110 Å². The molecule has 1 aliphatic carbocycles. The molecule has 180 valence electrons. The Morgan fingerprint density at radius 1 is 1.03 bits per heavy atom. The number of ether oxygens (including phenoxy) is 2. The maximum absolute atomic E-state index is 13.4. The summed E-state index contributed by atoms with van der Waals surface area (Å²) in [6, 6.07) is 13.8. The van der Waals surface area contributed by atoms with Gasteiger partial charge < -0.3 is 19.7 Å². The molecule has 3 rings (SSSR count). The predicted octanol–water partition coefficient (Wildman–Crippen LogP) is 2.54. The Morgan fingerprint density at radius 2 is 1.79 bits per heavy atom. The highest BCUT2D eigenvalue weighted by atomic mass is 35.5. The molecule has 3 atom stereocenters. The minimum absolute atomic E-state index is 0.00712. The number of sulfone groups is 1. The molecule has 0 spiro atoms. The van der Waals surface area contributed by atoms with E-state index in [0.717, 1.165) is 11.1 Å². The molecule has 2 aromatic carbocycles. The van der Waals surface area contributed by atoms with E-state index < -0.39 is 26.4 Å². The molecule has 33 heavy (non-hydrogen) atoms. The second-order valence-electron chi connectivity index (χ2n) is 8.06. The molecule has 1 saturated carbocycles. The van der Waals surface area contributed by atoms with Crippen molar-refractivity contribution in [3.63, 3.8) is 0 Å². The summed E-state index contributed by atoms with van der Waals surface area (Å²) in [6.45, 7) is -0.600. The van der Waals surface area contributed by atoms with Crippen LogP contribution < -0.4 is 4.74 Å². The van der Waals surface area contributed by atoms with Gasteiger partial charge in [-0.15, -0.1) is 11.6 Å². The lowest BCUT2D eigenvalue weighted by Gasteiger charge is -2.23. The second-order valence-corrected chi connectivity index (χ2v) is 10.7. The van der Waals surface area contributed by atoms with Crippen LogP contribution in [0.1, 0.15) is 24.0 Å². The normalized spacial score (nSPS) is 20.5. The Hall–Kier alpha value is -2.13. The molecule has 1 fully saturated rings. The smallest absolute Gasteiger partial charge is 0.344 e. The second kappa shape index (κ2) is 11.8. The molecule has 0 aromatic heterocycles. The Morgan fingerprint density at radius 3 is 2.48 bits per heavy atom. The summed E-state index contributed by atoms with van der Waals surface area (Å²) in [5.41, 5.74) is 1.77. The first-order valence-electron chi connectivity index (χ1n) is 10.9. The lowest BCUT2D eigenvalue weighted by atomic mass is 9.97. The third-order valence-electron chi connectivity index (χ3n) is 5.75. The third-order valence-corrected chi connectivity index (χ3v) is 8.75. The van der Waals surface area contributed by atoms with Crippen LogP contribution in [-0.4, -0.2) is 61.7 Å². The van der Waals surface area contributed by atoms with Gasteiger partial charge in [0.15, 0.2) is 16.4 Å². The summed E-state index contributed by atoms with van der Waals surface area (Å²) in [5.74, 6) is -0.251. The molecular weight excluding hydrogens is 468 g/mol. The summed E-state index contributed by atoms with van der Waals surface area (Å²) >= 11 is 6.51. The van der Waals surface area contributed by atoms with Crippen molar-refractivity contribution in [3.05, 3.63) is 59.7 Å². The molecule has 2 aromatic rings. The van der Waals surface area contributed by atoms with Crippen LogP contribution in [-0.2, 0) is 32.2 Å². The molecule has 0 saturated heterocycles. The molecular formula is C24H29ClO7S. The van der Waals surface area contributed by atoms with Crippen molar-refractivity contribution >= 4 is 27.4 Å². The van der Waals surface area contributed by atoms with Gasteiger partial charge in [-0.05, 0) is 67.0 Å². The van der Waals surface area contributed by atoms with Gasteiger partial charge in [0, 0.05) is 6.61 Å². The highest BCUT2D eigenvalue weighted by molar-refractivity contribution is 7.92. The van der Waals surface area contributed by atoms with Crippen molar-refractivity contribution in [1.82, 2.24) is 0 Å². The van der Waals surface area contributed by atoms with Gasteiger partial charge in [0.2, 0.25) is 0 Å². The number of alkyl halides is 1. The van der Waals surface area contributed by atoms with Crippen LogP contribution in [0.4, 0.5) is 0 Å². The fourth-order valence-corrected chi connectivity index (χ4v) is 7.04. The zero-order chi connectivity index (χ0) is 23.8. The van der Waals surface area contributed by atoms with E-state index in [1.807, 2.05) is 6.07 Å². The number of carbonyl (C=O) groups is 1. The largest absolute Gasteiger partial charge is 0.482 e. The molecule has 0 heterocycles. The molecule has 0 radical (unpaired) electrons. The highest BCUT2D eigenvalue weighted by Gasteiger charge is 2.44. The molecule has 0 aliphatic heterocycles. The lowest BCUT2D eigenvalue weighted by molar-refractivity contribution is -0.146. The number of halogens is 1. The minimum atomic E-state index is -3.64. The van der Waals surface area contributed by atoms with E-state index in [2.05, 4.69) is 0 Å². The van der Waals surface area contributed by atoms with Crippen LogP contribution in [0.5, 0.6) is 5.75 Å². The number of aliphatic hydroxyl groups is 2. The zero-order valence-electron chi connectivity index (χ0n) is 18.2. The van der Waals surface area contributed by atoms with Gasteiger partial charge in [0.05, 0.1) is 22.1 Å². The van der Waals surface area contributed by atoms with Crippen LogP contribution >= 0.6 is 11.6 Å². The van der Waals surface area contributed by atoms with Crippen LogP contribution in [0, 0.1) is 5.92 Å². The SMILES string of the molecule is O=C(COc1cccc(C[C@H]2CCC(Cl)C2S(=O)(=O)c2ccc(CCO)cc2)c1)OCCO. The van der Waals surface area contributed by atoms with Gasteiger partial charge in [0.25, 0.3) is 0 Å². The average Bonchev–Trinajstić information content (AvgIpc) is 3.17. The van der Waals surface area contributed by atoms with Gasteiger partial charge in [-0.25, -0.2) is 13.2 Å². The third kappa shape index (κ3) is 6.69. The fraction of sp³-hybridized carbons (Fsp3) is 0.458. The first kappa shape index (κ1) is 25.5. The summed E-state index contributed by atoms with van der Waals surface area (Å²) in [7, 11) is -3.64. The lowest BCUT2D eigenvalue weighted by Crippen LogP contribution is -2.33. The van der Waals surface area contributed by atoms with Crippen molar-refractivity contribution in [2.24, 2.45) is 5.92 Å². The Bertz CT molecular complexity index is 1020. The average molecular weight is 497 g/mol. The van der Waals surface area contributed by atoms with E-state index in [0.29, 0.717) is 31.4 Å². The quantitative estimate of drug-likeness (QED) is 0.363. The predicted molar refractivity (Wildman–Crippen MR) is 124 cm³/mol. The van der Waals surface area contributed by atoms with E-state index in [-0.39, 0.29) is 37.2 Å². The van der Waals surface area contributed by atoms with Gasteiger partial charge in [-0.2, -0.15) is 0 Å². The summed E-state index contributed by atoms with van der Waals surface area (Å²) < 4.78 is 37.1. The number of benzene rings is 2. The van der Waals surface area contributed by atoms with Gasteiger partial charge in [0.1, 0.15) is 12.4 Å². The molecule has 9 heteroatoms. The zero-order valence-corrected chi connectivity index (χ0v) is 19.8. The fourth-order valence-electron chi connectivity index (χ4n) is 4.20. The van der Waals surface area contributed by atoms with Crippen LogP contribution in [0.3, 0.4) is 0 Å². The van der Waals surface area contributed by atoms with Crippen molar-refractivity contribution in [2.45, 2.75) is 41.2 Å². The number of rotatable bonds is 11. The van der Waals surface area contributed by atoms with E-state index in [9.17, 15) is 13.2 Å². The van der Waals surface area contributed by atoms with Crippen LogP contribution in [0.25, 0.3) is 0 Å². The van der Waals surface area contributed by atoms with Crippen LogP contribution in [0.15, 0.2) is 53.4 Å². The Balaban J connectivity index is 1.71. The molecule has 1 aliphatic rings. The first-order chi connectivity index (χ1) is 15.8. The standard InChI is InChI=1S/C24H29ClO7S/c25-22-9-6-19(24(22)33(29,30)21-7-4-17(5-8-21)10-11-26)14-18-2-1-3-20(15-18)32-16-23(28)31-13-12-27/h1-5,7-8,15,19,22,24,26-27H,6,9-14,16H2/t19-,22?,24?/m1/s1. The number of esters is 1. The molecule has 7 nitrogen and oxygen atoms in total. The maximum Gasteiger partial charge on any atom is 0.344 e. The Labute approximate surface area is 199 Å². The van der Waals surface area contributed by atoms with E-state index >= 15 is 0 Å². The minimum Gasteiger partial charge on any atom is -0.482 e. The molecule has 0 bridgehead atoms. The van der Waals surface area contributed by atoms with Crippen molar-refractivity contribution in [1.29, 1.82) is 0 Å². The highest BCUT2D eigenvalue weighted by Crippen LogP contribution is 2.40. The maximum atomic E-state index is 13.4. The summed E-state index contributed by atoms with van der Waals surface area (Å²) in [6.07, 6.45) is 2.30. The van der Waals surface area contributed by atoms with Crippen molar-refractivity contribution < 1.29 is 32.9 Å². The summed E-state index contributed by atoms with van der Waals surface area (Å²) in [4.78, 5) is 11.8.